The van der Waals surface area contributed by atoms with Crippen molar-refractivity contribution in [3.63, 3.8) is 0 Å². The standard InChI is InChI=1S/C26H28Cl2FN3O2/c1-14(2)11-12-32-25(15(3)4)21(24(31-32)26(33)34)23(18-10-9-17(27)13-16(18)5)30-20-8-6-7-19(28)22(20)29/h6-11,13,15,23,30H,12H2,1-5H3,(H,33,34). The molecule has 1 atom stereocenters. The van der Waals surface area contributed by atoms with Gasteiger partial charge >= 0.3 is 5.97 Å². The van der Waals surface area contributed by atoms with Crippen molar-refractivity contribution >= 4 is 34.9 Å². The molecule has 1 unspecified atom stereocenters. The maximum Gasteiger partial charge on any atom is 0.356 e. The Bertz CT molecular complexity index is 1250. The van der Waals surface area contributed by atoms with E-state index in [1.165, 1.54) is 6.07 Å². The van der Waals surface area contributed by atoms with Crippen LogP contribution in [0.25, 0.3) is 0 Å². The van der Waals surface area contributed by atoms with E-state index in [1.807, 2.05) is 46.8 Å². The molecular formula is C26H28Cl2FN3O2. The molecule has 0 radical (unpaired) electrons. The van der Waals surface area contributed by atoms with Gasteiger partial charge in [0.25, 0.3) is 0 Å². The number of benzene rings is 2. The zero-order valence-corrected chi connectivity index (χ0v) is 21.3. The number of carbonyl (C=O) groups is 1. The molecule has 0 saturated carbocycles. The van der Waals surface area contributed by atoms with Crippen LogP contribution in [0.1, 0.15) is 72.5 Å². The predicted octanol–water partition coefficient (Wildman–Crippen LogP) is 7.63. The minimum Gasteiger partial charge on any atom is -0.476 e. The van der Waals surface area contributed by atoms with Gasteiger partial charge in [0.15, 0.2) is 11.5 Å². The van der Waals surface area contributed by atoms with Gasteiger partial charge < -0.3 is 10.4 Å². The van der Waals surface area contributed by atoms with E-state index in [-0.39, 0.29) is 22.3 Å². The molecule has 2 aromatic carbocycles. The number of hydrogen-bond donors (Lipinski definition) is 2. The monoisotopic (exact) mass is 503 g/mol. The average molecular weight is 504 g/mol. The van der Waals surface area contributed by atoms with Gasteiger partial charge in [0, 0.05) is 16.3 Å². The Labute approximate surface area is 209 Å². The molecule has 5 nitrogen and oxygen atoms in total. The molecule has 1 heterocycles. The van der Waals surface area contributed by atoms with Crippen molar-refractivity contribution in [2.24, 2.45) is 0 Å². The summed E-state index contributed by atoms with van der Waals surface area (Å²) < 4.78 is 16.6. The molecule has 0 fully saturated rings. The van der Waals surface area contributed by atoms with Gasteiger partial charge in [-0.3, -0.25) is 4.68 Å². The number of carboxylic acid groups (broad SMARTS) is 1. The first kappa shape index (κ1) is 25.8. The summed E-state index contributed by atoms with van der Waals surface area (Å²) in [6.07, 6.45) is 1.99. The van der Waals surface area contributed by atoms with E-state index < -0.39 is 17.8 Å². The number of aromatic carboxylic acids is 1. The third-order valence-corrected chi connectivity index (χ3v) is 6.06. The molecule has 2 N–H and O–H groups in total. The summed E-state index contributed by atoms with van der Waals surface area (Å²) in [7, 11) is 0. The van der Waals surface area contributed by atoms with E-state index in [0.29, 0.717) is 17.1 Å². The van der Waals surface area contributed by atoms with Crippen molar-refractivity contribution in [3.8, 4) is 0 Å². The summed E-state index contributed by atoms with van der Waals surface area (Å²) in [4.78, 5) is 12.4. The van der Waals surface area contributed by atoms with Gasteiger partial charge in [-0.25, -0.2) is 9.18 Å². The van der Waals surface area contributed by atoms with Crippen molar-refractivity contribution < 1.29 is 14.3 Å². The Morgan fingerprint density at radius 2 is 1.94 bits per heavy atom. The molecular weight excluding hydrogens is 476 g/mol. The van der Waals surface area contributed by atoms with Gasteiger partial charge in [0.05, 0.1) is 23.3 Å². The number of hydrogen-bond acceptors (Lipinski definition) is 3. The van der Waals surface area contributed by atoms with Crippen LogP contribution in [0.3, 0.4) is 0 Å². The quantitative estimate of drug-likeness (QED) is 0.310. The minimum absolute atomic E-state index is 0.0293. The Kier molecular flexibility index (Phi) is 8.05. The molecule has 1 aromatic heterocycles. The highest BCUT2D eigenvalue weighted by molar-refractivity contribution is 6.31. The van der Waals surface area contributed by atoms with Crippen molar-refractivity contribution in [1.29, 1.82) is 0 Å². The number of aromatic nitrogens is 2. The van der Waals surface area contributed by atoms with Gasteiger partial charge in [-0.15, -0.1) is 0 Å². The molecule has 0 saturated heterocycles. The predicted molar refractivity (Wildman–Crippen MR) is 136 cm³/mol. The van der Waals surface area contributed by atoms with Crippen molar-refractivity contribution in [1.82, 2.24) is 9.78 Å². The number of carboxylic acids is 1. The summed E-state index contributed by atoms with van der Waals surface area (Å²) in [5.74, 6) is -1.82. The van der Waals surface area contributed by atoms with Crippen molar-refractivity contribution in [2.45, 2.75) is 53.1 Å². The molecule has 0 aliphatic carbocycles. The lowest BCUT2D eigenvalue weighted by Gasteiger charge is -2.25. The van der Waals surface area contributed by atoms with Gasteiger partial charge in [0.1, 0.15) is 0 Å². The Morgan fingerprint density at radius 1 is 1.24 bits per heavy atom. The summed E-state index contributed by atoms with van der Waals surface area (Å²) in [5.41, 5.74) is 3.99. The fourth-order valence-electron chi connectivity index (χ4n) is 3.99. The zero-order valence-electron chi connectivity index (χ0n) is 19.8. The second-order valence-corrected chi connectivity index (χ2v) is 9.59. The van der Waals surface area contributed by atoms with E-state index in [2.05, 4.69) is 10.4 Å². The lowest BCUT2D eigenvalue weighted by molar-refractivity contribution is 0.0688. The normalized spacial score (nSPS) is 12.0. The van der Waals surface area contributed by atoms with E-state index in [0.717, 1.165) is 22.4 Å². The molecule has 0 bridgehead atoms. The summed E-state index contributed by atoms with van der Waals surface area (Å²) in [6, 6.07) is 9.31. The summed E-state index contributed by atoms with van der Waals surface area (Å²) in [6.45, 7) is 10.2. The SMILES string of the molecule is CC(C)=CCn1nc(C(=O)O)c(C(Nc2cccc(Cl)c2F)c2ccc(Cl)cc2C)c1C(C)C. The first-order valence-electron chi connectivity index (χ1n) is 10.9. The summed E-state index contributed by atoms with van der Waals surface area (Å²) >= 11 is 12.2. The number of rotatable bonds is 8. The fourth-order valence-corrected chi connectivity index (χ4v) is 4.39. The van der Waals surface area contributed by atoms with Crippen LogP contribution in [0.2, 0.25) is 10.0 Å². The Morgan fingerprint density at radius 3 is 2.53 bits per heavy atom. The number of nitrogens with one attached hydrogen (secondary N) is 1. The molecule has 0 amide bonds. The van der Waals surface area contributed by atoms with Crippen LogP contribution in [0.5, 0.6) is 0 Å². The van der Waals surface area contributed by atoms with E-state index in [4.69, 9.17) is 23.2 Å². The minimum atomic E-state index is -1.15. The van der Waals surface area contributed by atoms with Crippen LogP contribution in [-0.4, -0.2) is 20.9 Å². The first-order chi connectivity index (χ1) is 16.0. The fraction of sp³-hybridized carbons (Fsp3) is 0.308. The molecule has 0 aliphatic rings. The van der Waals surface area contributed by atoms with Gasteiger partial charge in [0.2, 0.25) is 0 Å². The Hall–Kier alpha value is -2.83. The smallest absolute Gasteiger partial charge is 0.356 e. The highest BCUT2D eigenvalue weighted by Crippen LogP contribution is 2.38. The maximum absolute atomic E-state index is 14.9. The highest BCUT2D eigenvalue weighted by Gasteiger charge is 2.32. The molecule has 3 rings (SSSR count). The molecule has 0 spiro atoms. The van der Waals surface area contributed by atoms with Crippen LogP contribution in [0.4, 0.5) is 10.1 Å². The van der Waals surface area contributed by atoms with Gasteiger partial charge in [-0.05, 0) is 62.1 Å². The third kappa shape index (κ3) is 5.45. The van der Waals surface area contributed by atoms with E-state index in [9.17, 15) is 14.3 Å². The van der Waals surface area contributed by atoms with Crippen LogP contribution >= 0.6 is 23.2 Å². The second-order valence-electron chi connectivity index (χ2n) is 8.75. The third-order valence-electron chi connectivity index (χ3n) is 5.53. The lowest BCUT2D eigenvalue weighted by Crippen LogP contribution is -2.19. The largest absolute Gasteiger partial charge is 0.476 e. The highest BCUT2D eigenvalue weighted by atomic mass is 35.5. The van der Waals surface area contributed by atoms with Crippen LogP contribution in [0, 0.1) is 12.7 Å². The summed E-state index contributed by atoms with van der Waals surface area (Å²) in [5, 5.41) is 18.3. The number of allylic oxidation sites excluding steroid dienone is 2. The zero-order chi connectivity index (χ0) is 25.2. The second kappa shape index (κ2) is 10.6. The number of anilines is 1. The number of aryl methyl sites for hydroxylation is 1. The van der Waals surface area contributed by atoms with Crippen LogP contribution in [0.15, 0.2) is 48.0 Å². The van der Waals surface area contributed by atoms with Crippen LogP contribution < -0.4 is 5.32 Å². The molecule has 3 aromatic rings. The van der Waals surface area contributed by atoms with Crippen molar-refractivity contribution in [3.05, 3.63) is 92.0 Å². The topological polar surface area (TPSA) is 67.2 Å². The molecule has 180 valence electrons. The average Bonchev–Trinajstić information content (AvgIpc) is 3.14. The maximum atomic E-state index is 14.9. The first-order valence-corrected chi connectivity index (χ1v) is 11.7. The molecule has 8 heteroatoms. The number of halogens is 3. The van der Waals surface area contributed by atoms with E-state index in [1.54, 1.807) is 28.9 Å². The van der Waals surface area contributed by atoms with Crippen molar-refractivity contribution in [2.75, 3.05) is 5.32 Å². The van der Waals surface area contributed by atoms with E-state index >= 15 is 0 Å². The van der Waals surface area contributed by atoms with Gasteiger partial charge in [-0.2, -0.15) is 5.10 Å². The lowest BCUT2D eigenvalue weighted by atomic mass is 9.90. The molecule has 34 heavy (non-hydrogen) atoms. The molecule has 0 aliphatic heterocycles. The number of nitrogens with zero attached hydrogens (tertiary/aromatic N) is 2. The Balaban J connectivity index is 2.33. The van der Waals surface area contributed by atoms with Crippen LogP contribution in [-0.2, 0) is 6.54 Å². The van der Waals surface area contributed by atoms with Gasteiger partial charge in [-0.1, -0.05) is 60.8 Å².